The average Bonchev–Trinajstić information content (AvgIpc) is 2.74. The lowest BCUT2D eigenvalue weighted by atomic mass is 9.97. The predicted molar refractivity (Wildman–Crippen MR) is 126 cm³/mol. The van der Waals surface area contributed by atoms with Crippen molar-refractivity contribution >= 4 is 33.1 Å². The molecule has 156 valence electrons. The molecule has 0 spiro atoms. The van der Waals surface area contributed by atoms with Gasteiger partial charge in [0.2, 0.25) is 0 Å². The fraction of sp³-hybridized carbons (Fsp3) is 0.148. The van der Waals surface area contributed by atoms with Crippen LogP contribution in [-0.2, 0) is 0 Å². The molecule has 0 unspecified atom stereocenters. The fourth-order valence-corrected chi connectivity index (χ4v) is 3.48. The van der Waals surface area contributed by atoms with E-state index in [1.807, 2.05) is 61.5 Å². The molecule has 31 heavy (non-hydrogen) atoms. The zero-order valence-electron chi connectivity index (χ0n) is 18.1. The van der Waals surface area contributed by atoms with Gasteiger partial charge in [0.05, 0.1) is 11.6 Å². The van der Waals surface area contributed by atoms with Gasteiger partial charge in [-0.25, -0.2) is 0 Å². The van der Waals surface area contributed by atoms with Crippen LogP contribution in [0.15, 0.2) is 72.8 Å². The lowest BCUT2D eigenvalue weighted by Gasteiger charge is -2.06. The highest BCUT2D eigenvalue weighted by molar-refractivity contribution is 6.09. The van der Waals surface area contributed by atoms with E-state index in [9.17, 15) is 14.7 Å². The van der Waals surface area contributed by atoms with Crippen molar-refractivity contribution in [1.29, 1.82) is 5.26 Å². The molecule has 0 atom stereocenters. The topological polar surface area (TPSA) is 78.2 Å². The van der Waals surface area contributed by atoms with Crippen LogP contribution in [0.4, 0.5) is 0 Å². The van der Waals surface area contributed by atoms with E-state index in [1.54, 1.807) is 25.1 Å². The third-order valence-corrected chi connectivity index (χ3v) is 4.75. The van der Waals surface area contributed by atoms with Gasteiger partial charge >= 0.3 is 0 Å². The van der Waals surface area contributed by atoms with Gasteiger partial charge in [0.25, 0.3) is 0 Å². The Kier molecular flexibility index (Phi) is 8.05. The maximum Gasteiger partial charge on any atom is 0.164 e. The molecule has 0 aliphatic rings. The van der Waals surface area contributed by atoms with Gasteiger partial charge in [-0.2, -0.15) is 5.26 Å². The van der Waals surface area contributed by atoms with Crippen LogP contribution in [0.1, 0.15) is 47.1 Å². The monoisotopic (exact) mass is 411 g/mol. The van der Waals surface area contributed by atoms with Crippen LogP contribution in [0.5, 0.6) is 5.75 Å². The van der Waals surface area contributed by atoms with E-state index in [-0.39, 0.29) is 17.3 Å². The maximum absolute atomic E-state index is 11.5. The van der Waals surface area contributed by atoms with Crippen LogP contribution in [0.25, 0.3) is 21.5 Å². The number of ketones is 2. The van der Waals surface area contributed by atoms with Gasteiger partial charge in [-0.05, 0) is 53.9 Å². The number of Topliss-reactive ketones (excluding diaryl/α,β-unsaturated/α-hetero) is 2. The van der Waals surface area contributed by atoms with Gasteiger partial charge in [-0.1, -0.05) is 66.7 Å². The van der Waals surface area contributed by atoms with Crippen molar-refractivity contribution < 1.29 is 14.7 Å². The summed E-state index contributed by atoms with van der Waals surface area (Å²) in [5.74, 6) is 0.0785. The van der Waals surface area contributed by atoms with Crippen LogP contribution < -0.4 is 0 Å². The third-order valence-electron chi connectivity index (χ3n) is 4.75. The number of hydrogen-bond donors (Lipinski definition) is 1. The lowest BCUT2D eigenvalue weighted by Crippen LogP contribution is -1.97. The van der Waals surface area contributed by atoms with E-state index in [1.165, 1.54) is 13.8 Å². The number of nitriles is 1. The number of aryl methyl sites for hydroxylation is 1. The summed E-state index contributed by atoms with van der Waals surface area (Å²) in [5, 5.41) is 20.8. The molecule has 0 heterocycles. The van der Waals surface area contributed by atoms with E-state index in [0.29, 0.717) is 5.56 Å². The van der Waals surface area contributed by atoms with Gasteiger partial charge in [0.15, 0.2) is 11.6 Å². The standard InChI is InChI=1S/C13H12O.C12H10O2.C2H3N/c1-9-7-8-11-5-3-4-6-12(11)13(9)10(2)14;1-8(13)12-10-5-3-2-4-9(10)6-7-11(12)14;1-2-3/h3-8H,1-2H3;2-7,14H,1H3;1H3. The second kappa shape index (κ2) is 10.7. The Labute approximate surface area is 182 Å². The lowest BCUT2D eigenvalue weighted by molar-refractivity contribution is 0.100. The van der Waals surface area contributed by atoms with E-state index in [2.05, 4.69) is 6.07 Å². The zero-order valence-corrected chi connectivity index (χ0v) is 18.1. The molecule has 0 aromatic heterocycles. The molecule has 4 heteroatoms. The van der Waals surface area contributed by atoms with Crippen LogP contribution in [0.3, 0.4) is 0 Å². The summed E-state index contributed by atoms with van der Waals surface area (Å²) in [5.41, 5.74) is 2.31. The minimum absolute atomic E-state index is 0.0520. The first-order valence-electron chi connectivity index (χ1n) is 9.83. The highest BCUT2D eigenvalue weighted by Gasteiger charge is 2.10. The summed E-state index contributed by atoms with van der Waals surface area (Å²) in [4.78, 5) is 22.8. The number of carbonyl (C=O) groups excluding carboxylic acids is 2. The number of nitrogens with zero attached hydrogens (tertiary/aromatic N) is 1. The number of carbonyl (C=O) groups is 2. The van der Waals surface area contributed by atoms with E-state index in [4.69, 9.17) is 5.26 Å². The first kappa shape index (κ1) is 23.3. The smallest absolute Gasteiger partial charge is 0.164 e. The molecular weight excluding hydrogens is 386 g/mol. The number of fused-ring (bicyclic) bond motifs is 2. The van der Waals surface area contributed by atoms with Gasteiger partial charge in [0, 0.05) is 12.5 Å². The molecule has 0 fully saturated rings. The highest BCUT2D eigenvalue weighted by atomic mass is 16.3. The Balaban J connectivity index is 0.000000196. The summed E-state index contributed by atoms with van der Waals surface area (Å²) >= 11 is 0. The molecule has 0 radical (unpaired) electrons. The van der Waals surface area contributed by atoms with E-state index >= 15 is 0 Å². The molecule has 4 aromatic carbocycles. The quantitative estimate of drug-likeness (QED) is 0.376. The average molecular weight is 412 g/mol. The second-order valence-corrected chi connectivity index (χ2v) is 7.00. The number of aromatic hydroxyl groups is 1. The molecule has 4 aromatic rings. The Morgan fingerprint density at radius 3 is 1.65 bits per heavy atom. The molecule has 0 amide bonds. The minimum Gasteiger partial charge on any atom is -0.507 e. The van der Waals surface area contributed by atoms with Crippen molar-refractivity contribution in [3.05, 3.63) is 89.5 Å². The van der Waals surface area contributed by atoms with Crippen molar-refractivity contribution in [2.24, 2.45) is 0 Å². The first-order chi connectivity index (χ1) is 14.8. The number of hydrogen-bond acceptors (Lipinski definition) is 4. The Bertz CT molecular complexity index is 1190. The molecule has 0 aliphatic carbocycles. The van der Waals surface area contributed by atoms with Crippen molar-refractivity contribution in [2.45, 2.75) is 27.7 Å². The molecule has 0 bridgehead atoms. The molecule has 0 saturated carbocycles. The Hall–Kier alpha value is -3.97. The molecule has 1 N–H and O–H groups in total. The van der Waals surface area contributed by atoms with Crippen LogP contribution in [-0.4, -0.2) is 16.7 Å². The molecular formula is C27H25NO3. The SMILES string of the molecule is CC#N.CC(=O)c1c(C)ccc2ccccc12.CC(=O)c1c(O)ccc2ccccc12. The summed E-state index contributed by atoms with van der Waals surface area (Å²) < 4.78 is 0. The first-order valence-corrected chi connectivity index (χ1v) is 9.83. The van der Waals surface area contributed by atoms with Gasteiger partial charge < -0.3 is 5.11 Å². The normalized spacial score (nSPS) is 9.65. The van der Waals surface area contributed by atoms with Crippen molar-refractivity contribution in [1.82, 2.24) is 0 Å². The van der Waals surface area contributed by atoms with Crippen molar-refractivity contribution in [2.75, 3.05) is 0 Å². The Morgan fingerprint density at radius 2 is 1.16 bits per heavy atom. The minimum atomic E-state index is -0.112. The van der Waals surface area contributed by atoms with E-state index in [0.717, 1.165) is 32.7 Å². The van der Waals surface area contributed by atoms with Crippen LogP contribution in [0.2, 0.25) is 0 Å². The van der Waals surface area contributed by atoms with E-state index < -0.39 is 0 Å². The number of benzene rings is 4. The van der Waals surface area contributed by atoms with Gasteiger partial charge in [0.1, 0.15) is 5.75 Å². The van der Waals surface area contributed by atoms with Crippen LogP contribution >= 0.6 is 0 Å². The van der Waals surface area contributed by atoms with Crippen LogP contribution in [0, 0.1) is 18.3 Å². The summed E-state index contributed by atoms with van der Waals surface area (Å²) in [6.07, 6.45) is 0. The second-order valence-electron chi connectivity index (χ2n) is 7.00. The third kappa shape index (κ3) is 5.55. The summed E-state index contributed by atoms with van der Waals surface area (Å²) in [6.45, 7) is 6.49. The van der Waals surface area contributed by atoms with Gasteiger partial charge in [-0.15, -0.1) is 0 Å². The van der Waals surface area contributed by atoms with Crippen molar-refractivity contribution in [3.8, 4) is 11.8 Å². The largest absolute Gasteiger partial charge is 0.507 e. The Morgan fingerprint density at radius 1 is 0.742 bits per heavy atom. The summed E-state index contributed by atoms with van der Waals surface area (Å²) in [7, 11) is 0. The molecule has 4 nitrogen and oxygen atoms in total. The molecule has 0 saturated heterocycles. The summed E-state index contributed by atoms with van der Waals surface area (Å²) in [6, 6.07) is 24.7. The number of phenolic OH excluding ortho intramolecular Hbond substituents is 1. The van der Waals surface area contributed by atoms with Crippen molar-refractivity contribution in [3.63, 3.8) is 0 Å². The zero-order chi connectivity index (χ0) is 23.0. The fourth-order valence-electron chi connectivity index (χ4n) is 3.48. The number of rotatable bonds is 2. The molecule has 4 rings (SSSR count). The number of phenols is 1. The highest BCUT2D eigenvalue weighted by Crippen LogP contribution is 2.27. The van der Waals surface area contributed by atoms with Gasteiger partial charge in [-0.3, -0.25) is 9.59 Å². The predicted octanol–water partition coefficient (Wildman–Crippen LogP) is 6.63. The molecule has 0 aliphatic heterocycles. The maximum atomic E-state index is 11.5.